The fourth-order valence-corrected chi connectivity index (χ4v) is 3.93. The molecule has 2 amide bonds. The zero-order valence-corrected chi connectivity index (χ0v) is 18.7. The van der Waals surface area contributed by atoms with Gasteiger partial charge in [-0.1, -0.05) is 48.3 Å². The Hall–Kier alpha value is -2.41. The number of carbonyl (C=O) groups is 2. The van der Waals surface area contributed by atoms with E-state index in [1.54, 1.807) is 41.3 Å². The minimum absolute atomic E-state index is 0.0211. The van der Waals surface area contributed by atoms with Crippen molar-refractivity contribution in [2.45, 2.75) is 25.8 Å². The Balaban J connectivity index is 1.83. The number of hydrogen-bond acceptors (Lipinski definition) is 3. The molecule has 0 radical (unpaired) electrons. The molecule has 2 aromatic carbocycles. The fraction of sp³-hybridized carbons (Fsp3) is 0.227. The number of rotatable bonds is 6. The Bertz CT molecular complexity index is 994. The first-order chi connectivity index (χ1) is 14.3. The van der Waals surface area contributed by atoms with E-state index in [9.17, 15) is 9.59 Å². The third-order valence-electron chi connectivity index (χ3n) is 4.86. The maximum absolute atomic E-state index is 13.2. The number of nitrogens with one attached hydrogen (secondary N) is 1. The van der Waals surface area contributed by atoms with Crippen LogP contribution < -0.4 is 10.2 Å². The molecule has 3 rings (SSSR count). The summed E-state index contributed by atoms with van der Waals surface area (Å²) in [7, 11) is 0. The van der Waals surface area contributed by atoms with Gasteiger partial charge in [0.1, 0.15) is 6.04 Å². The highest BCUT2D eigenvalue weighted by Crippen LogP contribution is 2.29. The lowest BCUT2D eigenvalue weighted by Gasteiger charge is -2.29. The van der Waals surface area contributed by atoms with Gasteiger partial charge in [-0.25, -0.2) is 4.90 Å². The van der Waals surface area contributed by atoms with Gasteiger partial charge in [0.2, 0.25) is 5.91 Å². The van der Waals surface area contributed by atoms with Gasteiger partial charge in [0, 0.05) is 11.6 Å². The van der Waals surface area contributed by atoms with Crippen LogP contribution in [0, 0.1) is 0 Å². The van der Waals surface area contributed by atoms with Crippen LogP contribution in [0.2, 0.25) is 10.0 Å². The Labute approximate surface area is 191 Å². The van der Waals surface area contributed by atoms with Crippen molar-refractivity contribution in [1.82, 2.24) is 4.90 Å². The minimum atomic E-state index is -0.737. The number of imide groups is 1. The van der Waals surface area contributed by atoms with Gasteiger partial charge in [0.15, 0.2) is 5.11 Å². The van der Waals surface area contributed by atoms with E-state index in [2.05, 4.69) is 11.9 Å². The average Bonchev–Trinajstić information content (AvgIpc) is 3.02. The summed E-state index contributed by atoms with van der Waals surface area (Å²) in [5, 5.41) is 4.22. The first-order valence-corrected chi connectivity index (χ1v) is 10.6. The summed E-state index contributed by atoms with van der Waals surface area (Å²) >= 11 is 17.8. The Morgan fingerprint density at radius 2 is 1.97 bits per heavy atom. The van der Waals surface area contributed by atoms with Crippen LogP contribution in [0.5, 0.6) is 0 Å². The Kier molecular flexibility index (Phi) is 7.13. The zero-order chi connectivity index (χ0) is 21.8. The van der Waals surface area contributed by atoms with Crippen LogP contribution in [0.1, 0.15) is 18.9 Å². The van der Waals surface area contributed by atoms with Crippen molar-refractivity contribution in [3.8, 4) is 0 Å². The summed E-state index contributed by atoms with van der Waals surface area (Å²) in [5.74, 6) is -0.598. The van der Waals surface area contributed by atoms with Crippen molar-refractivity contribution in [2.24, 2.45) is 0 Å². The summed E-state index contributed by atoms with van der Waals surface area (Å²) in [5.41, 5.74) is 2.21. The lowest BCUT2D eigenvalue weighted by Crippen LogP contribution is -2.47. The van der Waals surface area contributed by atoms with Crippen LogP contribution in [0.25, 0.3) is 0 Å². The van der Waals surface area contributed by atoms with E-state index in [-0.39, 0.29) is 29.9 Å². The molecule has 8 heteroatoms. The second kappa shape index (κ2) is 9.60. The van der Waals surface area contributed by atoms with Gasteiger partial charge in [0.05, 0.1) is 22.8 Å². The highest BCUT2D eigenvalue weighted by molar-refractivity contribution is 7.80. The molecule has 1 atom stereocenters. The summed E-state index contributed by atoms with van der Waals surface area (Å²) in [4.78, 5) is 28.7. The highest BCUT2D eigenvalue weighted by Gasteiger charge is 2.43. The Morgan fingerprint density at radius 3 is 2.60 bits per heavy atom. The van der Waals surface area contributed by atoms with Gasteiger partial charge in [-0.05, 0) is 54.5 Å². The van der Waals surface area contributed by atoms with Crippen molar-refractivity contribution in [3.63, 3.8) is 0 Å². The molecule has 0 saturated carbocycles. The number of thiocarbonyl (C=S) groups is 1. The number of nitrogens with zero attached hydrogens (tertiary/aromatic N) is 2. The minimum Gasteiger partial charge on any atom is -0.333 e. The molecule has 1 heterocycles. The number of carbonyl (C=O) groups excluding carboxylic acids is 2. The number of halogens is 2. The maximum Gasteiger partial charge on any atom is 0.257 e. The second-order valence-corrected chi connectivity index (χ2v) is 8.03. The monoisotopic (exact) mass is 461 g/mol. The molecule has 30 heavy (non-hydrogen) atoms. The van der Waals surface area contributed by atoms with Crippen molar-refractivity contribution < 1.29 is 9.59 Å². The molecule has 1 fully saturated rings. The first-order valence-electron chi connectivity index (χ1n) is 9.45. The molecule has 0 aliphatic carbocycles. The van der Waals surface area contributed by atoms with E-state index in [1.807, 2.05) is 19.1 Å². The maximum atomic E-state index is 13.2. The van der Waals surface area contributed by atoms with Crippen LogP contribution in [0.15, 0.2) is 55.1 Å². The number of benzene rings is 2. The largest absolute Gasteiger partial charge is 0.333 e. The van der Waals surface area contributed by atoms with Crippen LogP contribution in [0.3, 0.4) is 0 Å². The summed E-state index contributed by atoms with van der Waals surface area (Å²) in [6.45, 7) is 6.08. The number of hydrogen-bond donors (Lipinski definition) is 1. The zero-order valence-electron chi connectivity index (χ0n) is 16.4. The molecule has 5 nitrogen and oxygen atoms in total. The molecule has 1 aliphatic rings. The third-order valence-corrected chi connectivity index (χ3v) is 5.76. The SMILES string of the molecule is C=CCN(C(=S)Nc1cc(Cl)ccc1Cl)[C@@H]1CC(=O)N(c2ccc(CC)cc2)C1=O. The highest BCUT2D eigenvalue weighted by atomic mass is 35.5. The smallest absolute Gasteiger partial charge is 0.257 e. The normalized spacial score (nSPS) is 16.0. The quantitative estimate of drug-likeness (QED) is 0.369. The third kappa shape index (κ3) is 4.67. The van der Waals surface area contributed by atoms with Gasteiger partial charge in [-0.2, -0.15) is 0 Å². The fourth-order valence-electron chi connectivity index (χ4n) is 3.28. The average molecular weight is 462 g/mol. The molecule has 0 unspecified atom stereocenters. The predicted molar refractivity (Wildman–Crippen MR) is 126 cm³/mol. The number of amides is 2. The van der Waals surface area contributed by atoms with Crippen LogP contribution in [0.4, 0.5) is 11.4 Å². The number of anilines is 2. The van der Waals surface area contributed by atoms with E-state index < -0.39 is 6.04 Å². The molecule has 2 aromatic rings. The molecule has 0 bridgehead atoms. The van der Waals surface area contributed by atoms with Gasteiger partial charge in [-0.15, -0.1) is 6.58 Å². The van der Waals surface area contributed by atoms with Crippen LogP contribution >= 0.6 is 35.4 Å². The molecule has 0 aromatic heterocycles. The van der Waals surface area contributed by atoms with Crippen molar-refractivity contribution >= 4 is 63.7 Å². The lowest BCUT2D eigenvalue weighted by molar-refractivity contribution is -0.122. The summed E-state index contributed by atoms with van der Waals surface area (Å²) in [6.07, 6.45) is 2.53. The van der Waals surface area contributed by atoms with E-state index in [0.29, 0.717) is 21.4 Å². The lowest BCUT2D eigenvalue weighted by atomic mass is 10.1. The standard InChI is InChI=1S/C22H21Cl2N3O2S/c1-3-11-26(22(30)25-18-12-15(23)7-10-17(18)24)19-13-20(28)27(21(19)29)16-8-5-14(4-2)6-9-16/h3,5-10,12,19H,1,4,11,13H2,2H3,(H,25,30)/t19-/m1/s1. The van der Waals surface area contributed by atoms with E-state index in [0.717, 1.165) is 12.0 Å². The van der Waals surface area contributed by atoms with E-state index in [4.69, 9.17) is 35.4 Å². The molecule has 1 N–H and O–H groups in total. The van der Waals surface area contributed by atoms with Gasteiger partial charge in [-0.3, -0.25) is 9.59 Å². The van der Waals surface area contributed by atoms with E-state index >= 15 is 0 Å². The molecule has 1 aliphatic heterocycles. The molecule has 0 spiro atoms. The van der Waals surface area contributed by atoms with Gasteiger partial charge < -0.3 is 10.2 Å². The topological polar surface area (TPSA) is 52.7 Å². The Morgan fingerprint density at radius 1 is 1.27 bits per heavy atom. The molecular formula is C22H21Cl2N3O2S. The van der Waals surface area contributed by atoms with Crippen LogP contribution in [-0.2, 0) is 16.0 Å². The molecular weight excluding hydrogens is 441 g/mol. The first kappa shape index (κ1) is 22.3. The van der Waals surface area contributed by atoms with Crippen molar-refractivity contribution in [2.75, 3.05) is 16.8 Å². The molecule has 156 valence electrons. The summed E-state index contributed by atoms with van der Waals surface area (Å²) in [6, 6.07) is 11.6. The van der Waals surface area contributed by atoms with Gasteiger partial charge in [0.25, 0.3) is 5.91 Å². The van der Waals surface area contributed by atoms with E-state index in [1.165, 1.54) is 4.90 Å². The van der Waals surface area contributed by atoms with Crippen LogP contribution in [-0.4, -0.2) is 34.4 Å². The van der Waals surface area contributed by atoms with Gasteiger partial charge >= 0.3 is 0 Å². The summed E-state index contributed by atoms with van der Waals surface area (Å²) < 4.78 is 0. The van der Waals surface area contributed by atoms with Crippen molar-refractivity contribution in [1.29, 1.82) is 0 Å². The van der Waals surface area contributed by atoms with Crippen molar-refractivity contribution in [3.05, 3.63) is 70.7 Å². The number of aryl methyl sites for hydroxylation is 1. The predicted octanol–water partition coefficient (Wildman–Crippen LogP) is 5.07. The second-order valence-electron chi connectivity index (χ2n) is 6.80. The molecule has 1 saturated heterocycles.